The zero-order chi connectivity index (χ0) is 19.6. The summed E-state index contributed by atoms with van der Waals surface area (Å²) in [7, 11) is -3.25. The summed E-state index contributed by atoms with van der Waals surface area (Å²) in [5.74, 6) is 0. The van der Waals surface area contributed by atoms with Crippen LogP contribution in [0.15, 0.2) is 54.7 Å². The Morgan fingerprint density at radius 2 is 1.74 bits per heavy atom. The van der Waals surface area contributed by atoms with Crippen LogP contribution in [0.3, 0.4) is 0 Å². The first-order valence-electron chi connectivity index (χ1n) is 9.53. The SMILES string of the molecule is C=C1CCCN1CCP(=O)(C(=O)c1c(C)cc(C)cc1C)c1ccccc1. The highest BCUT2D eigenvalue weighted by atomic mass is 31.2. The molecule has 27 heavy (non-hydrogen) atoms. The van der Waals surface area contributed by atoms with E-state index in [1.54, 1.807) is 0 Å². The maximum atomic E-state index is 14.2. The molecular weight excluding hydrogens is 353 g/mol. The molecule has 0 aliphatic carbocycles. The molecule has 1 aliphatic rings. The molecule has 4 heteroatoms. The summed E-state index contributed by atoms with van der Waals surface area (Å²) in [6.45, 7) is 11.5. The molecule has 0 N–H and O–H groups in total. The summed E-state index contributed by atoms with van der Waals surface area (Å²) < 4.78 is 14.2. The third kappa shape index (κ3) is 3.94. The molecule has 3 nitrogen and oxygen atoms in total. The van der Waals surface area contributed by atoms with Gasteiger partial charge in [0.15, 0.2) is 7.14 Å². The van der Waals surface area contributed by atoms with Gasteiger partial charge in [-0.2, -0.15) is 0 Å². The molecule has 1 heterocycles. The normalized spacial score (nSPS) is 16.4. The van der Waals surface area contributed by atoms with Crippen molar-refractivity contribution in [2.75, 3.05) is 19.3 Å². The number of carbonyl (C=O) groups is 1. The van der Waals surface area contributed by atoms with Crippen LogP contribution < -0.4 is 5.30 Å². The molecule has 0 saturated carbocycles. The van der Waals surface area contributed by atoms with E-state index in [-0.39, 0.29) is 5.52 Å². The van der Waals surface area contributed by atoms with Crippen LogP contribution in [-0.2, 0) is 4.57 Å². The fraction of sp³-hybridized carbons (Fsp3) is 0.348. The second-order valence-electron chi connectivity index (χ2n) is 7.53. The molecule has 1 fully saturated rings. The Morgan fingerprint density at radius 1 is 1.11 bits per heavy atom. The van der Waals surface area contributed by atoms with Crippen LogP contribution in [0.4, 0.5) is 0 Å². The summed E-state index contributed by atoms with van der Waals surface area (Å²) in [5.41, 5.74) is 4.41. The van der Waals surface area contributed by atoms with E-state index in [0.29, 0.717) is 23.6 Å². The van der Waals surface area contributed by atoms with Gasteiger partial charge in [-0.15, -0.1) is 0 Å². The van der Waals surface area contributed by atoms with E-state index in [9.17, 15) is 9.36 Å². The topological polar surface area (TPSA) is 37.4 Å². The van der Waals surface area contributed by atoms with Gasteiger partial charge in [-0.25, -0.2) is 0 Å². The highest BCUT2D eigenvalue weighted by molar-refractivity contribution is 7.87. The van der Waals surface area contributed by atoms with E-state index in [2.05, 4.69) is 11.5 Å². The number of carbonyl (C=O) groups excluding carboxylic acids is 1. The predicted molar refractivity (Wildman–Crippen MR) is 113 cm³/mol. The van der Waals surface area contributed by atoms with Gasteiger partial charge in [0.05, 0.1) is 0 Å². The fourth-order valence-electron chi connectivity index (χ4n) is 4.04. The molecule has 1 saturated heterocycles. The summed E-state index contributed by atoms with van der Waals surface area (Å²) in [6, 6.07) is 13.3. The molecule has 0 aromatic heterocycles. The van der Waals surface area contributed by atoms with Crippen LogP contribution in [0.25, 0.3) is 0 Å². The molecule has 0 radical (unpaired) electrons. The number of rotatable bonds is 6. The van der Waals surface area contributed by atoms with E-state index < -0.39 is 7.14 Å². The number of hydrogen-bond donors (Lipinski definition) is 0. The Morgan fingerprint density at radius 3 is 2.30 bits per heavy atom. The number of aryl methyl sites for hydroxylation is 3. The number of likely N-dealkylation sites (tertiary alicyclic amines) is 1. The lowest BCUT2D eigenvalue weighted by Gasteiger charge is -2.24. The number of hydrogen-bond acceptors (Lipinski definition) is 3. The van der Waals surface area contributed by atoms with Crippen molar-refractivity contribution in [3.63, 3.8) is 0 Å². The molecule has 0 bridgehead atoms. The van der Waals surface area contributed by atoms with Gasteiger partial charge in [-0.05, 0) is 44.7 Å². The second kappa shape index (κ2) is 7.86. The zero-order valence-electron chi connectivity index (χ0n) is 16.5. The van der Waals surface area contributed by atoms with Crippen molar-refractivity contribution in [3.8, 4) is 0 Å². The standard InChI is InChI=1S/C23H28NO2P/c1-17-15-18(2)22(19(3)16-17)23(25)27(26,21-10-6-5-7-11-21)14-13-24-12-8-9-20(24)4/h5-7,10-11,15-16H,4,8-9,12-14H2,1-3H3. The van der Waals surface area contributed by atoms with Gasteiger partial charge >= 0.3 is 0 Å². The van der Waals surface area contributed by atoms with Crippen molar-refractivity contribution in [1.82, 2.24) is 4.90 Å². The van der Waals surface area contributed by atoms with Gasteiger partial charge in [0.2, 0.25) is 5.52 Å². The van der Waals surface area contributed by atoms with Gasteiger partial charge in [0.25, 0.3) is 0 Å². The molecular formula is C23H28NO2P. The van der Waals surface area contributed by atoms with Crippen LogP contribution >= 0.6 is 7.14 Å². The van der Waals surface area contributed by atoms with E-state index in [1.807, 2.05) is 63.2 Å². The monoisotopic (exact) mass is 381 g/mol. The minimum Gasteiger partial charge on any atom is -0.375 e. The molecule has 2 aromatic rings. The maximum absolute atomic E-state index is 14.2. The van der Waals surface area contributed by atoms with Crippen molar-refractivity contribution in [3.05, 3.63) is 77.0 Å². The summed E-state index contributed by atoms with van der Waals surface area (Å²) in [4.78, 5) is 15.8. The van der Waals surface area contributed by atoms with Crippen LogP contribution in [0.5, 0.6) is 0 Å². The Labute approximate surface area is 162 Å². The average Bonchev–Trinajstić information content (AvgIpc) is 3.04. The molecule has 3 rings (SSSR count). The van der Waals surface area contributed by atoms with Crippen LogP contribution in [0.1, 0.15) is 39.9 Å². The van der Waals surface area contributed by atoms with E-state index in [1.165, 1.54) is 0 Å². The first-order valence-corrected chi connectivity index (χ1v) is 11.4. The lowest BCUT2D eigenvalue weighted by molar-refractivity contribution is 0.107. The smallest absolute Gasteiger partial charge is 0.226 e. The van der Waals surface area contributed by atoms with E-state index in [4.69, 9.17) is 0 Å². The Bertz CT molecular complexity index is 894. The van der Waals surface area contributed by atoms with Crippen molar-refractivity contribution >= 4 is 18.0 Å². The zero-order valence-corrected chi connectivity index (χ0v) is 17.4. The number of benzene rings is 2. The van der Waals surface area contributed by atoms with Crippen LogP contribution in [0, 0.1) is 20.8 Å². The highest BCUT2D eigenvalue weighted by Gasteiger charge is 2.36. The minimum atomic E-state index is -3.25. The fourth-order valence-corrected chi connectivity index (χ4v) is 6.62. The molecule has 1 aliphatic heterocycles. The van der Waals surface area contributed by atoms with Crippen LogP contribution in [0.2, 0.25) is 0 Å². The Hall–Kier alpha value is -2.12. The maximum Gasteiger partial charge on any atom is 0.226 e. The molecule has 142 valence electrons. The van der Waals surface area contributed by atoms with Crippen molar-refractivity contribution < 1.29 is 9.36 Å². The second-order valence-corrected chi connectivity index (χ2v) is 10.4. The first kappa shape index (κ1) is 19.6. The minimum absolute atomic E-state index is 0.214. The van der Waals surface area contributed by atoms with Gasteiger partial charge in [0.1, 0.15) is 0 Å². The number of allylic oxidation sites excluding steroid dienone is 1. The summed E-state index contributed by atoms with van der Waals surface area (Å²) in [6.07, 6.45) is 2.42. The van der Waals surface area contributed by atoms with Gasteiger partial charge < -0.3 is 9.46 Å². The summed E-state index contributed by atoms with van der Waals surface area (Å²) >= 11 is 0. The average molecular weight is 381 g/mol. The molecule has 0 amide bonds. The predicted octanol–water partition coefficient (Wildman–Crippen LogP) is 5.05. The molecule has 1 unspecified atom stereocenters. The molecule has 2 aromatic carbocycles. The summed E-state index contributed by atoms with van der Waals surface area (Å²) in [5, 5.41) is 0.652. The lowest BCUT2D eigenvalue weighted by atomic mass is 10.0. The van der Waals surface area contributed by atoms with E-state index >= 15 is 0 Å². The van der Waals surface area contributed by atoms with Crippen molar-refractivity contribution in [1.29, 1.82) is 0 Å². The largest absolute Gasteiger partial charge is 0.375 e. The Balaban J connectivity index is 2.01. The van der Waals surface area contributed by atoms with Gasteiger partial charge in [-0.1, -0.05) is 54.6 Å². The highest BCUT2D eigenvalue weighted by Crippen LogP contribution is 2.49. The molecule has 1 atom stereocenters. The number of nitrogens with zero attached hydrogens (tertiary/aromatic N) is 1. The van der Waals surface area contributed by atoms with Crippen molar-refractivity contribution in [2.45, 2.75) is 33.6 Å². The quantitative estimate of drug-likeness (QED) is 0.657. The third-order valence-corrected chi connectivity index (χ3v) is 8.26. The lowest BCUT2D eigenvalue weighted by Crippen LogP contribution is -2.26. The van der Waals surface area contributed by atoms with E-state index in [0.717, 1.165) is 41.8 Å². The van der Waals surface area contributed by atoms with Gasteiger partial charge in [0, 0.05) is 35.8 Å². The molecule has 0 spiro atoms. The van der Waals surface area contributed by atoms with Gasteiger partial charge in [-0.3, -0.25) is 4.79 Å². The third-order valence-electron chi connectivity index (χ3n) is 5.42. The van der Waals surface area contributed by atoms with Crippen LogP contribution in [-0.4, -0.2) is 29.7 Å². The Kier molecular flexibility index (Phi) is 5.72. The van der Waals surface area contributed by atoms with Crippen molar-refractivity contribution in [2.24, 2.45) is 0 Å². The first-order chi connectivity index (χ1) is 12.8.